The van der Waals surface area contributed by atoms with Crippen LogP contribution < -0.4 is 11.1 Å². The summed E-state index contributed by atoms with van der Waals surface area (Å²) < 4.78 is 6.50. The fourth-order valence-corrected chi connectivity index (χ4v) is 1.45. The zero-order valence-electron chi connectivity index (χ0n) is 9.86. The molecule has 0 aliphatic carbocycles. The number of carbonyl (C=O) groups excluding carboxylic acids is 1. The Morgan fingerprint density at radius 3 is 2.88 bits per heavy atom. The highest BCUT2D eigenvalue weighted by Crippen LogP contribution is 2.01. The maximum Gasteiger partial charge on any atom is 0.269 e. The molecule has 1 rings (SSSR count). The standard InChI is InChI=1S/C10H18N4O2/c1-7-4-9(14(2)13-7)10(15)12-8(5-11)6-16-3/h4,8H,5-6,11H2,1-3H3,(H,12,15). The summed E-state index contributed by atoms with van der Waals surface area (Å²) in [6.07, 6.45) is 0. The fraction of sp³-hybridized carbons (Fsp3) is 0.600. The predicted molar refractivity (Wildman–Crippen MR) is 60.1 cm³/mol. The Kier molecular flexibility index (Phi) is 4.45. The molecule has 0 aliphatic heterocycles. The van der Waals surface area contributed by atoms with E-state index in [0.29, 0.717) is 18.8 Å². The molecule has 1 amide bonds. The second kappa shape index (κ2) is 5.62. The molecule has 90 valence electrons. The van der Waals surface area contributed by atoms with Crippen molar-refractivity contribution in [2.45, 2.75) is 13.0 Å². The SMILES string of the molecule is COCC(CN)NC(=O)c1cc(C)nn1C. The van der Waals surface area contributed by atoms with Crippen molar-refractivity contribution in [3.05, 3.63) is 17.5 Å². The van der Waals surface area contributed by atoms with Gasteiger partial charge in [0, 0.05) is 20.7 Å². The molecular weight excluding hydrogens is 208 g/mol. The monoisotopic (exact) mass is 226 g/mol. The van der Waals surface area contributed by atoms with Crippen molar-refractivity contribution in [3.8, 4) is 0 Å². The first-order valence-corrected chi connectivity index (χ1v) is 5.09. The lowest BCUT2D eigenvalue weighted by Gasteiger charge is -2.15. The van der Waals surface area contributed by atoms with Crippen molar-refractivity contribution in [2.75, 3.05) is 20.3 Å². The minimum atomic E-state index is -0.185. The summed E-state index contributed by atoms with van der Waals surface area (Å²) in [4.78, 5) is 11.8. The molecule has 6 nitrogen and oxygen atoms in total. The van der Waals surface area contributed by atoms with Gasteiger partial charge in [0.15, 0.2) is 0 Å². The van der Waals surface area contributed by atoms with Crippen molar-refractivity contribution >= 4 is 5.91 Å². The van der Waals surface area contributed by atoms with Crippen LogP contribution in [0, 0.1) is 6.92 Å². The van der Waals surface area contributed by atoms with Crippen LogP contribution in [0.5, 0.6) is 0 Å². The van der Waals surface area contributed by atoms with E-state index in [1.807, 2.05) is 6.92 Å². The molecule has 1 heterocycles. The lowest BCUT2D eigenvalue weighted by molar-refractivity contribution is 0.0891. The van der Waals surface area contributed by atoms with Crippen LogP contribution in [0.3, 0.4) is 0 Å². The van der Waals surface area contributed by atoms with Gasteiger partial charge in [0.25, 0.3) is 5.91 Å². The minimum absolute atomic E-state index is 0.173. The number of ether oxygens (including phenoxy) is 1. The highest BCUT2D eigenvalue weighted by molar-refractivity contribution is 5.92. The zero-order valence-corrected chi connectivity index (χ0v) is 9.86. The summed E-state index contributed by atoms with van der Waals surface area (Å²) in [5, 5.41) is 6.89. The smallest absolute Gasteiger partial charge is 0.269 e. The highest BCUT2D eigenvalue weighted by Gasteiger charge is 2.15. The Bertz CT molecular complexity index is 362. The van der Waals surface area contributed by atoms with Gasteiger partial charge in [-0.25, -0.2) is 0 Å². The molecule has 0 fully saturated rings. The van der Waals surface area contributed by atoms with Gasteiger partial charge < -0.3 is 15.8 Å². The fourth-order valence-electron chi connectivity index (χ4n) is 1.45. The Hall–Kier alpha value is -1.40. The molecule has 0 radical (unpaired) electrons. The van der Waals surface area contributed by atoms with Crippen molar-refractivity contribution < 1.29 is 9.53 Å². The number of nitrogens with zero attached hydrogens (tertiary/aromatic N) is 2. The molecule has 6 heteroatoms. The first-order chi connectivity index (χ1) is 7.58. The number of carbonyl (C=O) groups is 1. The van der Waals surface area contributed by atoms with Crippen LogP contribution in [0.1, 0.15) is 16.2 Å². The third-order valence-electron chi connectivity index (χ3n) is 2.22. The third kappa shape index (κ3) is 3.04. The number of nitrogens with one attached hydrogen (secondary N) is 1. The number of rotatable bonds is 5. The maximum absolute atomic E-state index is 11.8. The van der Waals surface area contributed by atoms with E-state index in [4.69, 9.17) is 10.5 Å². The van der Waals surface area contributed by atoms with Gasteiger partial charge in [0.1, 0.15) is 5.69 Å². The molecule has 0 aliphatic rings. The third-order valence-corrected chi connectivity index (χ3v) is 2.22. The molecule has 1 aromatic heterocycles. The Labute approximate surface area is 94.8 Å². The Morgan fingerprint density at radius 2 is 2.44 bits per heavy atom. The van der Waals surface area contributed by atoms with E-state index in [2.05, 4.69) is 10.4 Å². The summed E-state index contributed by atoms with van der Waals surface area (Å²) in [5.74, 6) is -0.185. The number of nitrogens with two attached hydrogens (primary N) is 1. The molecule has 3 N–H and O–H groups in total. The second-order valence-electron chi connectivity index (χ2n) is 3.66. The predicted octanol–water partition coefficient (Wildman–Crippen LogP) is -0.568. The van der Waals surface area contributed by atoms with Crippen LogP contribution in [0.15, 0.2) is 6.07 Å². The number of hydrogen-bond donors (Lipinski definition) is 2. The topological polar surface area (TPSA) is 82.2 Å². The number of amides is 1. The number of hydrogen-bond acceptors (Lipinski definition) is 4. The van der Waals surface area contributed by atoms with Crippen LogP contribution in [0.25, 0.3) is 0 Å². The van der Waals surface area contributed by atoms with Crippen molar-refractivity contribution in [3.63, 3.8) is 0 Å². The average molecular weight is 226 g/mol. The van der Waals surface area contributed by atoms with Gasteiger partial charge in [-0.1, -0.05) is 0 Å². The molecule has 0 bridgehead atoms. The van der Waals surface area contributed by atoms with Crippen LogP contribution in [0.2, 0.25) is 0 Å². The van der Waals surface area contributed by atoms with Crippen molar-refractivity contribution in [2.24, 2.45) is 12.8 Å². The van der Waals surface area contributed by atoms with Crippen LogP contribution in [0.4, 0.5) is 0 Å². The highest BCUT2D eigenvalue weighted by atomic mass is 16.5. The van der Waals surface area contributed by atoms with Crippen molar-refractivity contribution in [1.82, 2.24) is 15.1 Å². The van der Waals surface area contributed by atoms with E-state index in [-0.39, 0.29) is 11.9 Å². The Morgan fingerprint density at radius 1 is 1.75 bits per heavy atom. The molecule has 1 atom stereocenters. The molecule has 0 aromatic carbocycles. The minimum Gasteiger partial charge on any atom is -0.383 e. The number of aryl methyl sites for hydroxylation is 2. The van der Waals surface area contributed by atoms with Crippen molar-refractivity contribution in [1.29, 1.82) is 0 Å². The van der Waals surface area contributed by atoms with Gasteiger partial charge in [0.05, 0.1) is 18.3 Å². The van der Waals surface area contributed by atoms with E-state index in [1.54, 1.807) is 24.9 Å². The van der Waals surface area contributed by atoms with Crippen LogP contribution in [-0.4, -0.2) is 42.0 Å². The quantitative estimate of drug-likeness (QED) is 0.704. The summed E-state index contributed by atoms with van der Waals surface area (Å²) in [6, 6.07) is 1.56. The normalized spacial score (nSPS) is 12.5. The molecule has 16 heavy (non-hydrogen) atoms. The number of methoxy groups -OCH3 is 1. The molecule has 0 spiro atoms. The lowest BCUT2D eigenvalue weighted by Crippen LogP contribution is -2.43. The molecule has 1 unspecified atom stereocenters. The summed E-state index contributed by atoms with van der Waals surface area (Å²) in [6.45, 7) is 2.59. The number of aromatic nitrogens is 2. The summed E-state index contributed by atoms with van der Waals surface area (Å²) in [5.41, 5.74) is 6.84. The molecule has 0 saturated carbocycles. The Balaban J connectivity index is 2.67. The second-order valence-corrected chi connectivity index (χ2v) is 3.66. The summed E-state index contributed by atoms with van der Waals surface area (Å²) in [7, 11) is 3.30. The summed E-state index contributed by atoms with van der Waals surface area (Å²) >= 11 is 0. The van der Waals surface area contributed by atoms with Gasteiger partial charge in [-0.2, -0.15) is 5.10 Å². The van der Waals surface area contributed by atoms with E-state index < -0.39 is 0 Å². The van der Waals surface area contributed by atoms with Gasteiger partial charge in [-0.15, -0.1) is 0 Å². The first-order valence-electron chi connectivity index (χ1n) is 5.09. The average Bonchev–Trinajstić information content (AvgIpc) is 2.57. The zero-order chi connectivity index (χ0) is 12.1. The van der Waals surface area contributed by atoms with E-state index >= 15 is 0 Å². The van der Waals surface area contributed by atoms with E-state index in [9.17, 15) is 4.79 Å². The van der Waals surface area contributed by atoms with Gasteiger partial charge in [-0.3, -0.25) is 9.48 Å². The largest absolute Gasteiger partial charge is 0.383 e. The van der Waals surface area contributed by atoms with Crippen LogP contribution in [-0.2, 0) is 11.8 Å². The van der Waals surface area contributed by atoms with E-state index in [0.717, 1.165) is 5.69 Å². The molecular formula is C10H18N4O2. The molecule has 1 aromatic rings. The van der Waals surface area contributed by atoms with Gasteiger partial charge >= 0.3 is 0 Å². The van der Waals surface area contributed by atoms with Gasteiger partial charge in [-0.05, 0) is 13.0 Å². The van der Waals surface area contributed by atoms with Gasteiger partial charge in [0.2, 0.25) is 0 Å². The first kappa shape index (κ1) is 12.7. The molecule has 0 saturated heterocycles. The van der Waals surface area contributed by atoms with Crippen LogP contribution >= 0.6 is 0 Å². The van der Waals surface area contributed by atoms with E-state index in [1.165, 1.54) is 0 Å². The maximum atomic E-state index is 11.8. The lowest BCUT2D eigenvalue weighted by atomic mass is 10.3.